The SMILES string of the molecule is O=C(c1ccc(OC(F)(F)F)cc1)N1CCC(c2c(F)cnc3[nH]c(C4CN(CCF)CCO4)cc23)CC1. The minimum absolute atomic E-state index is 0.147. The molecule has 2 aliphatic heterocycles. The smallest absolute Gasteiger partial charge is 0.406 e. The monoisotopic (exact) mass is 538 g/mol. The number of nitrogens with one attached hydrogen (secondary N) is 1. The minimum Gasteiger partial charge on any atom is -0.406 e. The van der Waals surface area contributed by atoms with Gasteiger partial charge < -0.3 is 19.4 Å². The molecule has 12 heteroatoms. The number of ether oxygens (including phenoxy) is 2. The molecular weight excluding hydrogens is 511 g/mol. The number of piperidine rings is 1. The Kier molecular flexibility index (Phi) is 7.53. The van der Waals surface area contributed by atoms with Gasteiger partial charge in [0.1, 0.15) is 30.0 Å². The van der Waals surface area contributed by atoms with Crippen LogP contribution in [0.3, 0.4) is 0 Å². The number of hydrogen-bond acceptors (Lipinski definition) is 5. The number of fused-ring (bicyclic) bond motifs is 1. The Morgan fingerprint density at radius 1 is 1.16 bits per heavy atom. The summed E-state index contributed by atoms with van der Waals surface area (Å²) in [6.45, 7) is 2.29. The molecule has 1 N–H and O–H groups in total. The molecule has 0 saturated carbocycles. The number of aromatic nitrogens is 2. The molecule has 1 unspecified atom stereocenters. The van der Waals surface area contributed by atoms with Crippen molar-refractivity contribution in [3.8, 4) is 5.75 Å². The third-order valence-electron chi connectivity index (χ3n) is 7.10. The summed E-state index contributed by atoms with van der Waals surface area (Å²) in [5.41, 5.74) is 2.09. The molecule has 7 nitrogen and oxygen atoms in total. The maximum atomic E-state index is 15.1. The van der Waals surface area contributed by atoms with E-state index in [0.717, 1.165) is 17.8 Å². The molecule has 5 rings (SSSR count). The number of halogens is 5. The van der Waals surface area contributed by atoms with E-state index in [-0.39, 0.29) is 23.5 Å². The average molecular weight is 539 g/mol. The van der Waals surface area contributed by atoms with Crippen molar-refractivity contribution in [2.75, 3.05) is 46.0 Å². The van der Waals surface area contributed by atoms with E-state index in [0.29, 0.717) is 68.8 Å². The van der Waals surface area contributed by atoms with Gasteiger partial charge in [0.2, 0.25) is 0 Å². The minimum atomic E-state index is -4.81. The van der Waals surface area contributed by atoms with Crippen LogP contribution in [-0.4, -0.2) is 78.0 Å². The van der Waals surface area contributed by atoms with E-state index in [9.17, 15) is 22.4 Å². The maximum absolute atomic E-state index is 15.1. The third kappa shape index (κ3) is 5.75. The highest BCUT2D eigenvalue weighted by molar-refractivity contribution is 5.94. The Morgan fingerprint density at radius 3 is 2.58 bits per heavy atom. The summed E-state index contributed by atoms with van der Waals surface area (Å²) in [7, 11) is 0. The van der Waals surface area contributed by atoms with Gasteiger partial charge in [-0.05, 0) is 49.1 Å². The lowest BCUT2D eigenvalue weighted by Crippen LogP contribution is -2.39. The quantitative estimate of drug-likeness (QED) is 0.450. The van der Waals surface area contributed by atoms with Gasteiger partial charge in [-0.25, -0.2) is 13.8 Å². The summed E-state index contributed by atoms with van der Waals surface area (Å²) in [5.74, 6) is -1.27. The molecule has 2 aliphatic rings. The molecule has 2 fully saturated rings. The molecule has 204 valence electrons. The van der Waals surface area contributed by atoms with Crippen molar-refractivity contribution in [1.82, 2.24) is 19.8 Å². The van der Waals surface area contributed by atoms with E-state index >= 15 is 4.39 Å². The van der Waals surface area contributed by atoms with Gasteiger partial charge in [-0.15, -0.1) is 13.2 Å². The van der Waals surface area contributed by atoms with Crippen LogP contribution >= 0.6 is 0 Å². The standard InChI is InChI=1S/C26H27F5N4O3/c27-7-10-34-11-12-37-22(15-34)21-13-19-23(20(28)14-32-24(19)33-21)16-5-8-35(9-6-16)25(36)17-1-3-18(4-2-17)38-26(29,30)31/h1-4,13-14,16,22H,5-12,15H2,(H,32,33). The van der Waals surface area contributed by atoms with E-state index < -0.39 is 24.6 Å². The highest BCUT2D eigenvalue weighted by Crippen LogP contribution is 2.36. The number of nitrogens with zero attached hydrogens (tertiary/aromatic N) is 3. The number of pyridine rings is 1. The first-order valence-corrected chi connectivity index (χ1v) is 12.4. The third-order valence-corrected chi connectivity index (χ3v) is 7.10. The molecule has 3 aromatic rings. The van der Waals surface area contributed by atoms with Crippen LogP contribution in [0.25, 0.3) is 11.0 Å². The van der Waals surface area contributed by atoms with Gasteiger partial charge in [-0.3, -0.25) is 9.69 Å². The van der Waals surface area contributed by atoms with Crippen LogP contribution in [0.5, 0.6) is 5.75 Å². The van der Waals surface area contributed by atoms with Crippen molar-refractivity contribution in [1.29, 1.82) is 0 Å². The Labute approximate surface area is 215 Å². The van der Waals surface area contributed by atoms with Crippen molar-refractivity contribution in [2.45, 2.75) is 31.2 Å². The van der Waals surface area contributed by atoms with Gasteiger partial charge in [-0.2, -0.15) is 0 Å². The lowest BCUT2D eigenvalue weighted by atomic mass is 9.87. The fourth-order valence-corrected chi connectivity index (χ4v) is 5.25. The molecule has 1 aromatic carbocycles. The second-order valence-electron chi connectivity index (χ2n) is 9.49. The highest BCUT2D eigenvalue weighted by atomic mass is 19.4. The van der Waals surface area contributed by atoms with Crippen LogP contribution in [0.15, 0.2) is 36.5 Å². The number of alkyl halides is 4. The fraction of sp³-hybridized carbons (Fsp3) is 0.462. The van der Waals surface area contributed by atoms with Gasteiger partial charge in [0, 0.05) is 54.9 Å². The number of carbonyl (C=O) groups is 1. The van der Waals surface area contributed by atoms with Crippen molar-refractivity contribution in [2.24, 2.45) is 0 Å². The molecule has 1 atom stereocenters. The number of rotatable bonds is 6. The number of likely N-dealkylation sites (tertiary alicyclic amines) is 1. The Balaban J connectivity index is 1.28. The zero-order valence-electron chi connectivity index (χ0n) is 20.4. The first-order valence-electron chi connectivity index (χ1n) is 12.4. The zero-order valence-corrected chi connectivity index (χ0v) is 20.4. The van der Waals surface area contributed by atoms with Gasteiger partial charge >= 0.3 is 6.36 Å². The second-order valence-corrected chi connectivity index (χ2v) is 9.49. The molecule has 2 saturated heterocycles. The van der Waals surface area contributed by atoms with E-state index in [4.69, 9.17) is 4.74 Å². The summed E-state index contributed by atoms with van der Waals surface area (Å²) < 4.78 is 74.8. The summed E-state index contributed by atoms with van der Waals surface area (Å²) in [6, 6.07) is 6.65. The molecule has 38 heavy (non-hydrogen) atoms. The van der Waals surface area contributed by atoms with Crippen molar-refractivity contribution in [3.05, 3.63) is 59.2 Å². The van der Waals surface area contributed by atoms with Crippen LogP contribution in [0.2, 0.25) is 0 Å². The normalized spacial score (nSPS) is 19.7. The summed E-state index contributed by atoms with van der Waals surface area (Å²) in [4.78, 5) is 24.0. The Hall–Kier alpha value is -3.25. The largest absolute Gasteiger partial charge is 0.573 e. The maximum Gasteiger partial charge on any atom is 0.573 e. The van der Waals surface area contributed by atoms with Crippen molar-refractivity contribution >= 4 is 16.9 Å². The Morgan fingerprint density at radius 2 is 1.89 bits per heavy atom. The number of benzene rings is 1. The van der Waals surface area contributed by atoms with Gasteiger partial charge in [0.25, 0.3) is 5.91 Å². The van der Waals surface area contributed by atoms with Crippen LogP contribution in [0, 0.1) is 5.82 Å². The lowest BCUT2D eigenvalue weighted by molar-refractivity contribution is -0.274. The second kappa shape index (κ2) is 10.9. The van der Waals surface area contributed by atoms with E-state index in [2.05, 4.69) is 14.7 Å². The molecule has 0 radical (unpaired) electrons. The number of aromatic amines is 1. The van der Waals surface area contributed by atoms with Crippen LogP contribution in [0.4, 0.5) is 22.0 Å². The lowest BCUT2D eigenvalue weighted by Gasteiger charge is -2.32. The number of carbonyl (C=O) groups excluding carboxylic acids is 1. The first-order chi connectivity index (χ1) is 18.2. The van der Waals surface area contributed by atoms with E-state index in [1.54, 1.807) is 4.90 Å². The molecular formula is C26H27F5N4O3. The van der Waals surface area contributed by atoms with Crippen molar-refractivity contribution in [3.63, 3.8) is 0 Å². The summed E-state index contributed by atoms with van der Waals surface area (Å²) in [5, 5.41) is 0.663. The van der Waals surface area contributed by atoms with Crippen LogP contribution < -0.4 is 4.74 Å². The Bertz CT molecular complexity index is 1270. The molecule has 0 spiro atoms. The summed E-state index contributed by atoms with van der Waals surface area (Å²) in [6.07, 6.45) is -2.88. The first kappa shape index (κ1) is 26.4. The van der Waals surface area contributed by atoms with Crippen LogP contribution in [0.1, 0.15) is 46.5 Å². The topological polar surface area (TPSA) is 70.7 Å². The van der Waals surface area contributed by atoms with Crippen molar-refractivity contribution < 1.29 is 36.2 Å². The van der Waals surface area contributed by atoms with Gasteiger partial charge in [-0.1, -0.05) is 0 Å². The summed E-state index contributed by atoms with van der Waals surface area (Å²) >= 11 is 0. The molecule has 2 aromatic heterocycles. The fourth-order valence-electron chi connectivity index (χ4n) is 5.25. The zero-order chi connectivity index (χ0) is 26.9. The van der Waals surface area contributed by atoms with Gasteiger partial charge in [0.05, 0.1) is 12.8 Å². The average Bonchev–Trinajstić information content (AvgIpc) is 3.33. The van der Waals surface area contributed by atoms with E-state index in [1.165, 1.54) is 18.3 Å². The molecule has 4 heterocycles. The van der Waals surface area contributed by atoms with Crippen LogP contribution in [-0.2, 0) is 4.74 Å². The number of amides is 1. The highest BCUT2D eigenvalue weighted by Gasteiger charge is 2.32. The molecule has 0 aliphatic carbocycles. The predicted molar refractivity (Wildman–Crippen MR) is 128 cm³/mol. The number of H-pyrrole nitrogens is 1. The molecule has 0 bridgehead atoms. The van der Waals surface area contributed by atoms with E-state index in [1.807, 2.05) is 11.0 Å². The molecule has 1 amide bonds. The number of morpholine rings is 1. The predicted octanol–water partition coefficient (Wildman–Crippen LogP) is 4.96. The van der Waals surface area contributed by atoms with Gasteiger partial charge in [0.15, 0.2) is 0 Å². The number of hydrogen-bond donors (Lipinski definition) is 1.